The van der Waals surface area contributed by atoms with Crippen LogP contribution in [0.15, 0.2) is 34.2 Å². The van der Waals surface area contributed by atoms with Crippen molar-refractivity contribution in [1.29, 1.82) is 0 Å². The van der Waals surface area contributed by atoms with E-state index >= 15 is 0 Å². The minimum Gasteiger partial charge on any atom is -0.390 e. The lowest BCUT2D eigenvalue weighted by atomic mass is 10.1. The van der Waals surface area contributed by atoms with Crippen LogP contribution in [0.2, 0.25) is 0 Å². The van der Waals surface area contributed by atoms with Gasteiger partial charge in [0.1, 0.15) is 6.33 Å². The van der Waals surface area contributed by atoms with Crippen LogP contribution in [0.1, 0.15) is 5.56 Å². The van der Waals surface area contributed by atoms with Crippen LogP contribution in [0.4, 0.5) is 18.0 Å². The normalized spacial score (nSPS) is 12.0. The summed E-state index contributed by atoms with van der Waals surface area (Å²) in [5, 5.41) is 1.71. The zero-order chi connectivity index (χ0) is 23.1. The van der Waals surface area contributed by atoms with Crippen molar-refractivity contribution in [2.24, 2.45) is 0 Å². The Kier molecular flexibility index (Phi) is 5.26. The van der Waals surface area contributed by atoms with Gasteiger partial charge in [0.15, 0.2) is 0 Å². The van der Waals surface area contributed by atoms with Gasteiger partial charge in [-0.1, -0.05) is 0 Å². The minimum absolute atomic E-state index is 0.114. The Morgan fingerprint density at radius 3 is 2.52 bits per heavy atom. The number of aromatic nitrogens is 4. The third-order valence-corrected chi connectivity index (χ3v) is 4.33. The number of alkyl halides is 3. The zero-order valence-electron chi connectivity index (χ0n) is 15.6. The molecule has 0 aliphatic carbocycles. The van der Waals surface area contributed by atoms with E-state index in [1.54, 1.807) is 4.83 Å². The minimum atomic E-state index is -4.91. The lowest BCUT2D eigenvalue weighted by Gasteiger charge is -2.15. The number of carbonyl (C=O) groups excluding carboxylic acids is 1. The first kappa shape index (κ1) is 21.9. The van der Waals surface area contributed by atoms with Gasteiger partial charge in [-0.2, -0.15) is 17.8 Å². The van der Waals surface area contributed by atoms with E-state index in [0.29, 0.717) is 12.3 Å². The number of ether oxygens (including phenoxy) is 1. The monoisotopic (exact) mass is 462 g/mol. The number of carbonyl (C=O) groups is 1. The molecule has 0 fully saturated rings. The number of amides is 1. The molecule has 1 aromatic carbocycles. The van der Waals surface area contributed by atoms with Crippen LogP contribution in [0.3, 0.4) is 0 Å². The molecule has 2 heterocycles. The molecule has 0 aliphatic rings. The second-order valence-electron chi connectivity index (χ2n) is 6.11. The Labute approximate surface area is 170 Å². The average Bonchev–Trinajstić information content (AvgIpc) is 3.11. The fourth-order valence-electron chi connectivity index (χ4n) is 2.58. The maximum Gasteiger partial charge on any atom is 0.418 e. The molecule has 0 radical (unpaired) electrons. The zero-order valence-corrected chi connectivity index (χ0v) is 16.5. The van der Waals surface area contributed by atoms with Gasteiger partial charge in [0.05, 0.1) is 34.6 Å². The van der Waals surface area contributed by atoms with Gasteiger partial charge in [-0.15, -0.1) is 0 Å². The summed E-state index contributed by atoms with van der Waals surface area (Å²) >= 11 is 0. The number of imidazole rings is 1. The van der Waals surface area contributed by atoms with Crippen LogP contribution >= 0.6 is 0 Å². The SMILES string of the molecule is CNC(=O)Oc1cn(-c2cc3c(=O)n(NS(C)(=O)=O)c(=O)[nH]c3cc2C(F)(F)F)cn1. The number of halogens is 3. The van der Waals surface area contributed by atoms with Crippen LogP contribution < -0.4 is 26.1 Å². The van der Waals surface area contributed by atoms with Crippen LogP contribution in [0.25, 0.3) is 16.6 Å². The molecule has 3 aromatic rings. The molecular formula is C15H13F3N6O6S. The molecule has 3 N–H and O–H groups in total. The van der Waals surface area contributed by atoms with E-state index in [0.717, 1.165) is 23.2 Å². The Bertz CT molecular complexity index is 1410. The van der Waals surface area contributed by atoms with Gasteiger partial charge in [-0.05, 0) is 12.1 Å². The Balaban J connectivity index is 2.28. The number of sulfonamides is 1. The fraction of sp³-hybridized carbons (Fsp3) is 0.200. The first-order chi connectivity index (χ1) is 14.3. The highest BCUT2D eigenvalue weighted by atomic mass is 32.2. The topological polar surface area (TPSA) is 157 Å². The van der Waals surface area contributed by atoms with E-state index in [2.05, 4.69) is 10.3 Å². The van der Waals surface area contributed by atoms with Gasteiger partial charge in [0, 0.05) is 7.05 Å². The largest absolute Gasteiger partial charge is 0.418 e. The van der Waals surface area contributed by atoms with E-state index in [1.807, 2.05) is 4.98 Å². The van der Waals surface area contributed by atoms with E-state index < -0.39 is 55.7 Å². The van der Waals surface area contributed by atoms with Crippen molar-refractivity contribution in [2.75, 3.05) is 18.1 Å². The molecule has 3 rings (SSSR count). The van der Waals surface area contributed by atoms with Gasteiger partial charge in [0.25, 0.3) is 5.56 Å². The second-order valence-corrected chi connectivity index (χ2v) is 7.83. The van der Waals surface area contributed by atoms with Crippen LogP contribution in [-0.2, 0) is 16.2 Å². The van der Waals surface area contributed by atoms with Gasteiger partial charge >= 0.3 is 18.0 Å². The summed E-state index contributed by atoms with van der Waals surface area (Å²) in [4.78, 5) is 43.2. The molecule has 0 spiro atoms. The lowest BCUT2D eigenvalue weighted by Crippen LogP contribution is -2.43. The highest BCUT2D eigenvalue weighted by molar-refractivity contribution is 7.91. The number of aromatic amines is 1. The smallest absolute Gasteiger partial charge is 0.390 e. The van der Waals surface area contributed by atoms with E-state index in [1.165, 1.54) is 7.05 Å². The third-order valence-electron chi connectivity index (χ3n) is 3.82. The van der Waals surface area contributed by atoms with Crippen molar-refractivity contribution in [3.63, 3.8) is 0 Å². The van der Waals surface area contributed by atoms with Gasteiger partial charge in [-0.3, -0.25) is 4.79 Å². The number of H-pyrrole nitrogens is 1. The number of hydrogen-bond donors (Lipinski definition) is 3. The number of rotatable bonds is 4. The summed E-state index contributed by atoms with van der Waals surface area (Å²) < 4.78 is 69.4. The maximum absolute atomic E-state index is 13.6. The summed E-state index contributed by atoms with van der Waals surface area (Å²) in [6, 6.07) is 1.32. The quantitative estimate of drug-likeness (QED) is 0.497. The third kappa shape index (κ3) is 4.52. The summed E-state index contributed by atoms with van der Waals surface area (Å²) in [6.07, 6.45) is -3.27. The predicted octanol–water partition coefficient (Wildman–Crippen LogP) is 0.116. The summed E-state index contributed by atoms with van der Waals surface area (Å²) in [5.74, 6) is -0.329. The van der Waals surface area contributed by atoms with Crippen molar-refractivity contribution in [3.8, 4) is 11.6 Å². The highest BCUT2D eigenvalue weighted by Gasteiger charge is 2.35. The van der Waals surface area contributed by atoms with Crippen LogP contribution in [0, 0.1) is 0 Å². The number of nitrogens with zero attached hydrogens (tertiary/aromatic N) is 3. The number of hydrogen-bond acceptors (Lipinski definition) is 7. The molecule has 0 saturated heterocycles. The Morgan fingerprint density at radius 2 is 1.94 bits per heavy atom. The summed E-state index contributed by atoms with van der Waals surface area (Å²) in [7, 11) is -2.79. The second kappa shape index (κ2) is 7.46. The molecule has 0 bridgehead atoms. The molecule has 166 valence electrons. The van der Waals surface area contributed by atoms with Crippen LogP contribution in [0.5, 0.6) is 5.88 Å². The van der Waals surface area contributed by atoms with Gasteiger partial charge < -0.3 is 19.6 Å². The van der Waals surface area contributed by atoms with Crippen molar-refractivity contribution >= 4 is 27.0 Å². The van der Waals surface area contributed by atoms with Gasteiger partial charge in [-0.25, -0.2) is 27.8 Å². The first-order valence-corrected chi connectivity index (χ1v) is 10.0. The molecule has 0 aliphatic heterocycles. The Hall–Kier alpha value is -3.82. The predicted molar refractivity (Wildman–Crippen MR) is 100 cm³/mol. The number of fused-ring (bicyclic) bond motifs is 1. The van der Waals surface area contributed by atoms with E-state index in [-0.39, 0.29) is 10.6 Å². The standard InChI is InChI=1S/C15H13F3N6O6S/c1-19-14(27)30-11-5-23(6-20-11)10-3-7-9(4-8(10)15(16,17)18)21-13(26)24(12(7)25)22-31(2,28)29/h3-6,22H,1-2H3,(H,19,27)(H,21,26). The van der Waals surface area contributed by atoms with Crippen molar-refractivity contribution < 1.29 is 31.1 Å². The maximum atomic E-state index is 13.6. The molecule has 1 amide bonds. The lowest BCUT2D eigenvalue weighted by molar-refractivity contribution is -0.137. The highest BCUT2D eigenvalue weighted by Crippen LogP contribution is 2.35. The number of nitrogens with one attached hydrogen (secondary N) is 3. The molecule has 2 aromatic heterocycles. The molecule has 16 heteroatoms. The molecule has 0 saturated carbocycles. The Morgan fingerprint density at radius 1 is 1.26 bits per heavy atom. The van der Waals surface area contributed by atoms with E-state index in [4.69, 9.17) is 4.74 Å². The molecule has 12 nitrogen and oxygen atoms in total. The van der Waals surface area contributed by atoms with Crippen LogP contribution in [-0.4, -0.2) is 47.0 Å². The first-order valence-electron chi connectivity index (χ1n) is 8.12. The average molecular weight is 462 g/mol. The molecule has 0 unspecified atom stereocenters. The molecule has 0 atom stereocenters. The summed E-state index contributed by atoms with van der Waals surface area (Å²) in [5.41, 5.74) is -4.80. The van der Waals surface area contributed by atoms with Crippen molar-refractivity contribution in [2.45, 2.75) is 6.18 Å². The van der Waals surface area contributed by atoms with Gasteiger partial charge in [0.2, 0.25) is 15.9 Å². The number of benzene rings is 1. The molecule has 31 heavy (non-hydrogen) atoms. The van der Waals surface area contributed by atoms with Crippen molar-refractivity contribution in [1.82, 2.24) is 24.5 Å². The summed E-state index contributed by atoms with van der Waals surface area (Å²) in [6.45, 7) is 0. The molecular weight excluding hydrogens is 449 g/mol. The fourth-order valence-corrected chi connectivity index (χ4v) is 3.07. The van der Waals surface area contributed by atoms with E-state index in [9.17, 15) is 36.0 Å². The van der Waals surface area contributed by atoms with Crippen molar-refractivity contribution in [3.05, 3.63) is 51.1 Å².